The third-order valence-corrected chi connectivity index (χ3v) is 4.21. The molecule has 0 unspecified atom stereocenters. The van der Waals surface area contributed by atoms with Gasteiger partial charge in [0, 0.05) is 24.0 Å². The van der Waals surface area contributed by atoms with Crippen LogP contribution in [0.4, 0.5) is 10.6 Å². The minimum Gasteiger partial charge on any atom is -0.491 e. The average molecular weight is 390 g/mol. The number of carbonyl (C=O) groups excluding carboxylic acids is 1. The Labute approximate surface area is 166 Å². The van der Waals surface area contributed by atoms with Gasteiger partial charge in [-0.1, -0.05) is 18.2 Å². The Hall–Kier alpha value is -4.07. The van der Waals surface area contributed by atoms with E-state index in [2.05, 4.69) is 15.4 Å². The lowest BCUT2D eigenvalue weighted by Crippen LogP contribution is -2.16. The summed E-state index contributed by atoms with van der Waals surface area (Å²) < 4.78 is 17.4. The highest BCUT2D eigenvalue weighted by molar-refractivity contribution is 5.86. The van der Waals surface area contributed by atoms with Crippen LogP contribution < -0.4 is 19.5 Å². The molecule has 8 nitrogen and oxygen atoms in total. The highest BCUT2D eigenvalue weighted by Gasteiger charge is 2.11. The Morgan fingerprint density at radius 2 is 1.83 bits per heavy atom. The predicted molar refractivity (Wildman–Crippen MR) is 108 cm³/mol. The summed E-state index contributed by atoms with van der Waals surface area (Å²) in [6.45, 7) is 0. The Kier molecular flexibility index (Phi) is 4.98. The van der Waals surface area contributed by atoms with Crippen molar-refractivity contribution < 1.29 is 19.0 Å². The van der Waals surface area contributed by atoms with Gasteiger partial charge in [-0.25, -0.2) is 14.3 Å². The van der Waals surface area contributed by atoms with Crippen molar-refractivity contribution in [2.75, 3.05) is 19.5 Å². The molecule has 1 aromatic carbocycles. The number of para-hydroxylation sites is 1. The van der Waals surface area contributed by atoms with Crippen molar-refractivity contribution in [3.8, 4) is 28.5 Å². The molecule has 8 heteroatoms. The van der Waals surface area contributed by atoms with Crippen LogP contribution in [0.5, 0.6) is 17.4 Å². The van der Waals surface area contributed by atoms with Gasteiger partial charge in [0.25, 0.3) is 5.88 Å². The summed E-state index contributed by atoms with van der Waals surface area (Å²) >= 11 is 0. The van der Waals surface area contributed by atoms with E-state index in [1.54, 1.807) is 61.5 Å². The first kappa shape index (κ1) is 18.3. The summed E-state index contributed by atoms with van der Waals surface area (Å²) in [6.07, 6.45) is 2.90. The summed E-state index contributed by atoms with van der Waals surface area (Å²) in [7, 11) is 3.11. The predicted octanol–water partition coefficient (Wildman–Crippen LogP) is 4.02. The zero-order valence-electron chi connectivity index (χ0n) is 15.8. The molecule has 0 atom stereocenters. The highest BCUT2D eigenvalue weighted by atomic mass is 16.6. The number of hydrogen-bond acceptors (Lipinski definition) is 6. The van der Waals surface area contributed by atoms with Gasteiger partial charge in [0.05, 0.1) is 19.7 Å². The largest absolute Gasteiger partial charge is 0.491 e. The summed E-state index contributed by atoms with van der Waals surface area (Å²) in [5, 5.41) is 6.97. The Bertz CT molecular complexity index is 1160. The van der Waals surface area contributed by atoms with Crippen LogP contribution in [-0.4, -0.2) is 34.9 Å². The lowest BCUT2D eigenvalue weighted by atomic mass is 10.1. The molecule has 0 saturated heterocycles. The van der Waals surface area contributed by atoms with Crippen LogP contribution in [0.1, 0.15) is 0 Å². The second-order valence-electron chi connectivity index (χ2n) is 6.08. The summed E-state index contributed by atoms with van der Waals surface area (Å²) in [5.41, 5.74) is 2.58. The maximum atomic E-state index is 12.1. The number of benzene rings is 1. The topological polar surface area (TPSA) is 87.0 Å². The molecular formula is C21H18N4O4. The van der Waals surface area contributed by atoms with Crippen LogP contribution in [0.25, 0.3) is 16.6 Å². The minimum absolute atomic E-state index is 0.383. The first-order valence-electron chi connectivity index (χ1n) is 8.78. The van der Waals surface area contributed by atoms with Crippen molar-refractivity contribution in [3.63, 3.8) is 0 Å². The van der Waals surface area contributed by atoms with Crippen LogP contribution in [0.2, 0.25) is 0 Å². The van der Waals surface area contributed by atoms with Gasteiger partial charge in [-0.15, -0.1) is 5.10 Å². The Balaban J connectivity index is 1.55. The number of pyridine rings is 2. The highest BCUT2D eigenvalue weighted by Crippen LogP contribution is 2.30. The number of rotatable bonds is 5. The van der Waals surface area contributed by atoms with Crippen molar-refractivity contribution in [2.45, 2.75) is 0 Å². The third kappa shape index (κ3) is 3.96. The number of aromatic nitrogens is 3. The van der Waals surface area contributed by atoms with Crippen molar-refractivity contribution in [3.05, 3.63) is 67.0 Å². The SMILES string of the molecule is COc1cc(-c2ccn3nc(NC(=O)Oc4ccccc4)cc3c2)cnc1OC. The second-order valence-corrected chi connectivity index (χ2v) is 6.08. The van der Waals surface area contributed by atoms with E-state index in [4.69, 9.17) is 14.2 Å². The molecular weight excluding hydrogens is 372 g/mol. The molecule has 3 heterocycles. The number of carbonyl (C=O) groups is 1. The van der Waals surface area contributed by atoms with Crippen molar-refractivity contribution >= 4 is 17.4 Å². The van der Waals surface area contributed by atoms with E-state index in [0.29, 0.717) is 23.2 Å². The normalized spacial score (nSPS) is 10.6. The molecule has 4 rings (SSSR count). The Morgan fingerprint density at radius 1 is 1.00 bits per heavy atom. The lowest BCUT2D eigenvalue weighted by Gasteiger charge is -2.08. The van der Waals surface area contributed by atoms with Crippen molar-refractivity contribution in [1.29, 1.82) is 0 Å². The van der Waals surface area contributed by atoms with Gasteiger partial charge in [0.2, 0.25) is 0 Å². The van der Waals surface area contributed by atoms with Gasteiger partial charge in [-0.05, 0) is 35.9 Å². The van der Waals surface area contributed by atoms with Crippen molar-refractivity contribution in [1.82, 2.24) is 14.6 Å². The van der Waals surface area contributed by atoms with Crippen LogP contribution >= 0.6 is 0 Å². The molecule has 0 saturated carbocycles. The zero-order chi connectivity index (χ0) is 20.2. The number of ether oxygens (including phenoxy) is 3. The quantitative estimate of drug-likeness (QED) is 0.554. The number of fused-ring (bicyclic) bond motifs is 1. The fourth-order valence-electron chi connectivity index (χ4n) is 2.85. The van der Waals surface area contributed by atoms with E-state index in [0.717, 1.165) is 16.6 Å². The molecule has 0 bridgehead atoms. The molecule has 4 aromatic rings. The molecule has 146 valence electrons. The van der Waals surface area contributed by atoms with E-state index in [9.17, 15) is 4.79 Å². The van der Waals surface area contributed by atoms with Gasteiger partial charge in [-0.2, -0.15) is 0 Å². The van der Waals surface area contributed by atoms with Gasteiger partial charge >= 0.3 is 6.09 Å². The van der Waals surface area contributed by atoms with Crippen LogP contribution in [0.15, 0.2) is 67.0 Å². The molecule has 0 aliphatic heterocycles. The van der Waals surface area contributed by atoms with Crippen LogP contribution in [-0.2, 0) is 0 Å². The maximum Gasteiger partial charge on any atom is 0.418 e. The number of hydrogen-bond donors (Lipinski definition) is 1. The van der Waals surface area contributed by atoms with E-state index in [1.807, 2.05) is 24.3 Å². The molecule has 0 spiro atoms. The van der Waals surface area contributed by atoms with Crippen LogP contribution in [0, 0.1) is 0 Å². The average Bonchev–Trinajstić information content (AvgIpc) is 3.15. The molecule has 0 aliphatic rings. The summed E-state index contributed by atoms with van der Waals surface area (Å²) in [5.74, 6) is 1.81. The molecule has 1 amide bonds. The smallest absolute Gasteiger partial charge is 0.418 e. The van der Waals surface area contributed by atoms with E-state index in [-0.39, 0.29) is 0 Å². The lowest BCUT2D eigenvalue weighted by molar-refractivity contribution is 0.215. The minimum atomic E-state index is -0.607. The first-order valence-corrected chi connectivity index (χ1v) is 8.78. The molecule has 3 aromatic heterocycles. The fourth-order valence-corrected chi connectivity index (χ4v) is 2.85. The Morgan fingerprint density at radius 3 is 2.59 bits per heavy atom. The summed E-state index contributed by atoms with van der Waals surface area (Å²) in [6, 6.07) is 16.3. The van der Waals surface area contributed by atoms with E-state index in [1.165, 1.54) is 0 Å². The zero-order valence-corrected chi connectivity index (χ0v) is 15.8. The standard InChI is InChI=1S/C21H18N4O4/c1-27-18-11-15(13-22-20(18)28-2)14-8-9-25-16(10-14)12-19(24-25)23-21(26)29-17-6-4-3-5-7-17/h3-13H,1-2H3,(H,23,24,26). The monoisotopic (exact) mass is 390 g/mol. The molecule has 1 N–H and O–H groups in total. The van der Waals surface area contributed by atoms with Gasteiger partial charge in [0.1, 0.15) is 5.75 Å². The molecule has 0 fully saturated rings. The maximum absolute atomic E-state index is 12.1. The number of methoxy groups -OCH3 is 2. The van der Waals surface area contributed by atoms with E-state index >= 15 is 0 Å². The first-order chi connectivity index (χ1) is 14.2. The molecule has 29 heavy (non-hydrogen) atoms. The summed E-state index contributed by atoms with van der Waals surface area (Å²) in [4.78, 5) is 16.3. The van der Waals surface area contributed by atoms with Gasteiger partial charge in [-0.3, -0.25) is 5.32 Å². The number of amides is 1. The fraction of sp³-hybridized carbons (Fsp3) is 0.0952. The second kappa shape index (κ2) is 7.89. The van der Waals surface area contributed by atoms with Crippen LogP contribution in [0.3, 0.4) is 0 Å². The molecule has 0 radical (unpaired) electrons. The van der Waals surface area contributed by atoms with Crippen molar-refractivity contribution in [2.24, 2.45) is 0 Å². The number of nitrogens with one attached hydrogen (secondary N) is 1. The number of anilines is 1. The van der Waals surface area contributed by atoms with Gasteiger partial charge < -0.3 is 14.2 Å². The molecule has 0 aliphatic carbocycles. The van der Waals surface area contributed by atoms with Gasteiger partial charge in [0.15, 0.2) is 11.6 Å². The van der Waals surface area contributed by atoms with E-state index < -0.39 is 6.09 Å². The third-order valence-electron chi connectivity index (χ3n) is 4.21. The number of nitrogens with zero attached hydrogens (tertiary/aromatic N) is 3.